The lowest BCUT2D eigenvalue weighted by molar-refractivity contribution is -0.140. The smallest absolute Gasteiger partial charge is 0.303 e. The Morgan fingerprint density at radius 3 is 0.636 bits per heavy atom. The molecule has 15 nitrogen and oxygen atoms in total. The summed E-state index contributed by atoms with van der Waals surface area (Å²) in [6, 6.07) is 0. The molecular weight excluding hydrogens is 456 g/mol. The second-order valence-electron chi connectivity index (χ2n) is 5.94. The lowest BCUT2D eigenvalue weighted by atomic mass is 10.2. The molecule has 0 radical (unpaired) electrons. The summed E-state index contributed by atoms with van der Waals surface area (Å²) in [4.78, 5) is 58.7. The van der Waals surface area contributed by atoms with Gasteiger partial charge in [0.05, 0.1) is 13.2 Å². The van der Waals surface area contributed by atoms with Crippen molar-refractivity contribution in [2.75, 3.05) is 13.2 Å². The molecule has 0 saturated carbocycles. The number of hydrogen-bond acceptors (Lipinski definition) is 9. The van der Waals surface area contributed by atoms with Crippen LogP contribution in [-0.2, 0) is 28.8 Å². The fraction of sp³-hybridized carbons (Fsp3) is 0.667. The van der Waals surface area contributed by atoms with Crippen molar-refractivity contribution in [3.8, 4) is 0 Å². The predicted octanol–water partition coefficient (Wildman–Crippen LogP) is -0.690. The van der Waals surface area contributed by atoms with Crippen molar-refractivity contribution < 1.29 is 74.7 Å². The third-order valence-electron chi connectivity index (χ3n) is 2.77. The largest absolute Gasteiger partial charge is 0.481 e. The highest BCUT2D eigenvalue weighted by atomic mass is 16.4. The van der Waals surface area contributed by atoms with Gasteiger partial charge >= 0.3 is 35.8 Å². The molecule has 0 aromatic heterocycles. The van der Waals surface area contributed by atoms with Crippen LogP contribution in [0.3, 0.4) is 0 Å². The normalized spacial score (nSPS) is 9.09. The van der Waals surface area contributed by atoms with Crippen molar-refractivity contribution in [2.45, 2.75) is 63.9 Å². The minimum Gasteiger partial charge on any atom is -0.481 e. The summed E-state index contributed by atoms with van der Waals surface area (Å²) < 4.78 is 0. The van der Waals surface area contributed by atoms with Gasteiger partial charge in [0.25, 0.3) is 0 Å². The van der Waals surface area contributed by atoms with Crippen molar-refractivity contribution in [1.29, 1.82) is 0 Å². The Labute approximate surface area is 188 Å². The first kappa shape index (κ1) is 37.0. The van der Waals surface area contributed by atoms with Crippen LogP contribution in [0.4, 0.5) is 0 Å². The molecule has 0 heterocycles. The molecule has 0 atom stereocenters. The molecule has 0 aliphatic heterocycles. The number of carbonyl (C=O) groups is 6. The van der Waals surface area contributed by atoms with Crippen molar-refractivity contribution in [3.05, 3.63) is 0 Å². The SMILES string of the molecule is O=C(O)CCCC(=O)O.O=C(O)CCCC(=O)O.O=C(O)CCCC(=O)O.OCC(O)CO. The molecule has 15 heteroatoms. The molecule has 33 heavy (non-hydrogen) atoms. The minimum atomic E-state index is -0.954. The van der Waals surface area contributed by atoms with E-state index < -0.39 is 41.9 Å². The van der Waals surface area contributed by atoms with Gasteiger partial charge in [0.2, 0.25) is 0 Å². The number of carboxylic acid groups (broad SMARTS) is 6. The average Bonchev–Trinajstić information content (AvgIpc) is 2.67. The number of aliphatic hydroxyl groups excluding tert-OH is 3. The van der Waals surface area contributed by atoms with Gasteiger partial charge in [-0.2, -0.15) is 0 Å². The standard InChI is InChI=1S/3C5H8O4.C3H8O3/c3*6-4(7)2-1-3-5(8)9;4-1-3(6)2-5/h3*1-3H2,(H,6,7)(H,8,9);3-6H,1-2H2. The maximum absolute atomic E-state index is 9.79. The quantitative estimate of drug-likeness (QED) is 0.146. The van der Waals surface area contributed by atoms with Gasteiger partial charge in [0.1, 0.15) is 6.10 Å². The van der Waals surface area contributed by atoms with E-state index in [1.54, 1.807) is 0 Å². The van der Waals surface area contributed by atoms with Gasteiger partial charge in [-0.05, 0) is 19.3 Å². The average molecular weight is 488 g/mol. The van der Waals surface area contributed by atoms with Crippen LogP contribution in [0.2, 0.25) is 0 Å². The highest BCUT2D eigenvalue weighted by molar-refractivity contribution is 5.71. The third-order valence-corrected chi connectivity index (χ3v) is 2.77. The van der Waals surface area contributed by atoms with E-state index in [1.165, 1.54) is 0 Å². The minimum absolute atomic E-state index is 0.0632. The second kappa shape index (κ2) is 26.7. The Bertz CT molecular complexity index is 456. The van der Waals surface area contributed by atoms with Crippen molar-refractivity contribution >= 4 is 35.8 Å². The Hall–Kier alpha value is -3.30. The topological polar surface area (TPSA) is 284 Å². The molecule has 0 rings (SSSR count). The van der Waals surface area contributed by atoms with Gasteiger partial charge in [-0.15, -0.1) is 0 Å². The van der Waals surface area contributed by atoms with Gasteiger partial charge in [-0.3, -0.25) is 28.8 Å². The molecule has 9 N–H and O–H groups in total. The molecule has 0 aromatic carbocycles. The van der Waals surface area contributed by atoms with Gasteiger partial charge in [-0.1, -0.05) is 0 Å². The molecule has 0 spiro atoms. The summed E-state index contributed by atoms with van der Waals surface area (Å²) in [5.74, 6) is -5.69. The maximum Gasteiger partial charge on any atom is 0.303 e. The van der Waals surface area contributed by atoms with Gasteiger partial charge < -0.3 is 46.0 Å². The van der Waals surface area contributed by atoms with E-state index in [9.17, 15) is 28.8 Å². The molecule has 0 amide bonds. The Kier molecular flexibility index (Phi) is 30.0. The van der Waals surface area contributed by atoms with E-state index in [-0.39, 0.29) is 71.0 Å². The molecule has 194 valence electrons. The van der Waals surface area contributed by atoms with E-state index in [2.05, 4.69) is 0 Å². The summed E-state index contributed by atoms with van der Waals surface area (Å²) >= 11 is 0. The number of rotatable bonds is 14. The Morgan fingerprint density at radius 1 is 0.424 bits per heavy atom. The summed E-state index contributed by atoms with van der Waals surface area (Å²) in [6.07, 6.45) is -0.694. The number of aliphatic carboxylic acids is 6. The molecule has 0 aromatic rings. The molecular formula is C18H32O15. The van der Waals surface area contributed by atoms with Crippen LogP contribution >= 0.6 is 0 Å². The monoisotopic (exact) mass is 488 g/mol. The van der Waals surface area contributed by atoms with Crippen molar-refractivity contribution in [3.63, 3.8) is 0 Å². The van der Waals surface area contributed by atoms with Gasteiger partial charge in [0.15, 0.2) is 0 Å². The van der Waals surface area contributed by atoms with E-state index in [1.807, 2.05) is 0 Å². The van der Waals surface area contributed by atoms with Crippen LogP contribution in [-0.4, -0.2) is 101 Å². The third kappa shape index (κ3) is 58.5. The van der Waals surface area contributed by atoms with Gasteiger partial charge in [0, 0.05) is 38.5 Å². The first-order valence-corrected chi connectivity index (χ1v) is 9.39. The van der Waals surface area contributed by atoms with E-state index in [4.69, 9.17) is 46.0 Å². The summed E-state index contributed by atoms with van der Waals surface area (Å²) in [5, 5.41) is 72.2. The number of aliphatic hydroxyl groups is 3. The number of hydrogen-bond donors (Lipinski definition) is 9. The van der Waals surface area contributed by atoms with Crippen LogP contribution in [0, 0.1) is 0 Å². The summed E-state index contributed by atoms with van der Waals surface area (Å²) in [7, 11) is 0. The lowest BCUT2D eigenvalue weighted by Gasteiger charge is -1.96. The zero-order valence-electron chi connectivity index (χ0n) is 17.8. The van der Waals surface area contributed by atoms with Crippen LogP contribution in [0.1, 0.15) is 57.8 Å². The fourth-order valence-electron chi connectivity index (χ4n) is 1.23. The van der Waals surface area contributed by atoms with Crippen LogP contribution in [0.25, 0.3) is 0 Å². The first-order chi connectivity index (χ1) is 15.2. The molecule has 0 bridgehead atoms. The predicted molar refractivity (Wildman–Crippen MR) is 108 cm³/mol. The number of carboxylic acids is 6. The zero-order chi connectivity index (χ0) is 26.8. The van der Waals surface area contributed by atoms with Crippen LogP contribution in [0.15, 0.2) is 0 Å². The molecule has 0 aliphatic rings. The zero-order valence-corrected chi connectivity index (χ0v) is 17.8. The molecule has 0 saturated heterocycles. The van der Waals surface area contributed by atoms with Gasteiger partial charge in [-0.25, -0.2) is 0 Å². The fourth-order valence-corrected chi connectivity index (χ4v) is 1.23. The van der Waals surface area contributed by atoms with E-state index in [0.717, 1.165) is 0 Å². The van der Waals surface area contributed by atoms with E-state index >= 15 is 0 Å². The molecule has 0 aliphatic carbocycles. The first-order valence-electron chi connectivity index (χ1n) is 9.39. The molecule has 0 fully saturated rings. The lowest BCUT2D eigenvalue weighted by Crippen LogP contribution is -2.15. The van der Waals surface area contributed by atoms with Crippen molar-refractivity contribution in [2.24, 2.45) is 0 Å². The summed E-state index contributed by atoms with van der Waals surface area (Å²) in [5.41, 5.74) is 0. The van der Waals surface area contributed by atoms with Crippen LogP contribution < -0.4 is 0 Å². The van der Waals surface area contributed by atoms with Crippen molar-refractivity contribution in [1.82, 2.24) is 0 Å². The molecule has 0 unspecified atom stereocenters. The van der Waals surface area contributed by atoms with E-state index in [0.29, 0.717) is 0 Å². The second-order valence-corrected chi connectivity index (χ2v) is 5.94. The Balaban J connectivity index is -0.000000172. The van der Waals surface area contributed by atoms with Crippen LogP contribution in [0.5, 0.6) is 0 Å². The highest BCUT2D eigenvalue weighted by Crippen LogP contribution is 1.94. The maximum atomic E-state index is 9.79. The Morgan fingerprint density at radius 2 is 0.576 bits per heavy atom. The highest BCUT2D eigenvalue weighted by Gasteiger charge is 2.01. The summed E-state index contributed by atoms with van der Waals surface area (Å²) in [6.45, 7) is -0.729.